The van der Waals surface area contributed by atoms with E-state index in [9.17, 15) is 0 Å². The van der Waals surface area contributed by atoms with Crippen LogP contribution in [0.2, 0.25) is 0 Å². The van der Waals surface area contributed by atoms with Gasteiger partial charge in [-0.1, -0.05) is 6.58 Å². The number of rotatable bonds is 0. The molecule has 0 bridgehead atoms. The predicted octanol–water partition coefficient (Wildman–Crippen LogP) is 6.67. The number of hydrogen-bond donors (Lipinski definition) is 0. The van der Waals surface area contributed by atoms with Gasteiger partial charge in [0.15, 0.2) is 0 Å². The van der Waals surface area contributed by atoms with Crippen molar-refractivity contribution in [2.45, 2.75) is 0 Å². The van der Waals surface area contributed by atoms with Gasteiger partial charge < -0.3 is 5.41 Å². The van der Waals surface area contributed by atoms with Crippen molar-refractivity contribution in [3.63, 3.8) is 0 Å². The molecule has 1 nitrogen and oxygen atoms in total. The average molecular weight is 451 g/mol. The third-order valence-electron chi connectivity index (χ3n) is 1.11. The van der Waals surface area contributed by atoms with Crippen molar-refractivity contribution in [1.82, 2.24) is 0 Å². The van der Waals surface area contributed by atoms with E-state index in [0.29, 0.717) is 0 Å². The van der Waals surface area contributed by atoms with E-state index in [0.717, 1.165) is 0 Å². The first-order valence-electron chi connectivity index (χ1n) is 4.63. The van der Waals surface area contributed by atoms with E-state index >= 15 is 0 Å². The summed E-state index contributed by atoms with van der Waals surface area (Å²) in [7, 11) is 21.8. The van der Waals surface area contributed by atoms with Crippen LogP contribution < -0.4 is 0 Å². The monoisotopic (exact) mass is 449 g/mol. The molecular formula is C12H12Cl5FeNTi-2. The summed E-state index contributed by atoms with van der Waals surface area (Å²) in [5.41, 5.74) is 0. The minimum absolute atomic E-state index is 1.47. The maximum Gasteiger partial charge on any atom is -0.172 e. The normalized spacial score (nSPS) is 8.40. The maximum absolute atomic E-state index is 7.21. The third-order valence-corrected chi connectivity index (χ3v) is 1.11. The Morgan fingerprint density at radius 2 is 1.00 bits per heavy atom. The van der Waals surface area contributed by atoms with Crippen molar-refractivity contribution >= 4 is 55.6 Å². The van der Waals surface area contributed by atoms with Crippen LogP contribution in [-0.4, -0.2) is 5.87 Å². The molecule has 0 aliphatic carbocycles. The van der Waals surface area contributed by atoms with E-state index in [1.807, 2.05) is 60.7 Å². The fourth-order valence-electron chi connectivity index (χ4n) is 0.642. The van der Waals surface area contributed by atoms with E-state index in [4.69, 9.17) is 45.8 Å². The summed E-state index contributed by atoms with van der Waals surface area (Å²) in [6, 6.07) is 20.0. The van der Waals surface area contributed by atoms with E-state index < -0.39 is 9.20 Å². The second-order valence-corrected chi connectivity index (χ2v) is 13.3. The molecule has 2 rings (SSSR count). The van der Waals surface area contributed by atoms with Crippen molar-refractivity contribution in [3.8, 4) is 0 Å². The van der Waals surface area contributed by atoms with Gasteiger partial charge in [-0.05, 0) is 0 Å². The molecule has 8 heteroatoms. The molecule has 0 aromatic heterocycles. The molecule has 114 valence electrons. The van der Waals surface area contributed by atoms with Gasteiger partial charge in [-0.3, -0.25) is 5.87 Å². The van der Waals surface area contributed by atoms with Crippen LogP contribution in [0.5, 0.6) is 0 Å². The molecule has 0 heterocycles. The first kappa shape index (κ1) is 25.8. The molecule has 0 amide bonds. The molecule has 0 saturated heterocycles. The Kier molecular flexibility index (Phi) is 28.5. The zero-order chi connectivity index (χ0) is 16.3. The molecule has 0 spiro atoms. The van der Waals surface area contributed by atoms with Crippen LogP contribution in [0, 0.1) is 0 Å². The fraction of sp³-hybridized carbons (Fsp3) is 0. The Bertz CT molecular complexity index is 300. The largest absolute Gasteiger partial charge is 0.214 e. The summed E-state index contributed by atoms with van der Waals surface area (Å²) >= 11 is 1.47. The summed E-state index contributed by atoms with van der Waals surface area (Å²) in [5.74, 6) is 1.50. The quantitative estimate of drug-likeness (QED) is 0.243. The van der Waals surface area contributed by atoms with E-state index in [1.54, 1.807) is 0 Å². The van der Waals surface area contributed by atoms with Crippen LogP contribution in [0.25, 0.3) is 5.41 Å². The van der Waals surface area contributed by atoms with Crippen LogP contribution in [0.15, 0.2) is 67.2 Å². The van der Waals surface area contributed by atoms with Crippen LogP contribution in [0.4, 0.5) is 0 Å². The molecule has 0 aliphatic rings. The summed E-state index contributed by atoms with van der Waals surface area (Å²) in [6.07, 6.45) is 0. The summed E-state index contributed by atoms with van der Waals surface area (Å²) in [6.45, 7) is 2.79. The average Bonchev–Trinajstić information content (AvgIpc) is 3.09. The van der Waals surface area contributed by atoms with Gasteiger partial charge in [0, 0.05) is 0 Å². The number of halogens is 5. The minimum atomic E-state index is -2.61. The molecular weight excluding hydrogens is 439 g/mol. The minimum Gasteiger partial charge on any atom is -0.214 e. The van der Waals surface area contributed by atoms with Crippen molar-refractivity contribution in [2.75, 3.05) is 0 Å². The Balaban J connectivity index is -0.000000188. The number of nitrogens with zero attached hydrogens (tertiary/aromatic N) is 1. The molecule has 0 saturated carbocycles. The third kappa shape index (κ3) is 51.0. The van der Waals surface area contributed by atoms with E-state index in [-0.39, 0.29) is 0 Å². The molecule has 0 unspecified atom stereocenters. The van der Waals surface area contributed by atoms with Gasteiger partial charge in [0.05, 0.1) is 0 Å². The second kappa shape index (κ2) is 22.1. The zero-order valence-electron chi connectivity index (χ0n) is 10.2. The van der Waals surface area contributed by atoms with Gasteiger partial charge in [0.1, 0.15) is 0 Å². The molecule has 0 N–H and O–H groups in total. The topological polar surface area (TPSA) is 22.3 Å². The standard InChI is InChI=1S/2C5H5.C2H2N.5ClH.Fe.Ti/c2*1-2-4-5-3-1;1-2-3;;;;;;;/h2*1-5H;1H2;5*1H;;/q3*-1;;;;;;+4;+2/p-5. The van der Waals surface area contributed by atoms with Gasteiger partial charge in [0.25, 0.3) is 0 Å². The van der Waals surface area contributed by atoms with Gasteiger partial charge in [0.2, 0.25) is 0 Å². The fourth-order valence-corrected chi connectivity index (χ4v) is 0.642. The van der Waals surface area contributed by atoms with E-state index in [2.05, 4.69) is 15.9 Å². The number of hydrogen-bond acceptors (Lipinski definition) is 0. The molecule has 2 aromatic carbocycles. The first-order chi connectivity index (χ1) is 9.41. The molecule has 0 radical (unpaired) electrons. The molecule has 0 aliphatic heterocycles. The smallest absolute Gasteiger partial charge is 0.172 e. The van der Waals surface area contributed by atoms with Crippen LogP contribution in [-0.2, 0) is 28.6 Å². The molecule has 20 heavy (non-hydrogen) atoms. The second-order valence-electron chi connectivity index (χ2n) is 2.39. The Morgan fingerprint density at radius 1 is 0.850 bits per heavy atom. The molecule has 0 atom stereocenters. The Morgan fingerprint density at radius 3 is 1.05 bits per heavy atom. The van der Waals surface area contributed by atoms with Crippen molar-refractivity contribution < 1.29 is 28.6 Å². The zero-order valence-corrected chi connectivity index (χ0v) is 16.6. The molecule has 2 aromatic rings. The molecule has 0 fully saturated rings. The van der Waals surface area contributed by atoms with Crippen LogP contribution in [0.1, 0.15) is 0 Å². The Hall–Kier alpha value is 0.834. The van der Waals surface area contributed by atoms with Crippen molar-refractivity contribution in [1.29, 1.82) is 0 Å². The summed E-state index contributed by atoms with van der Waals surface area (Å²) in [5, 5.41) is 7.21. The van der Waals surface area contributed by atoms with Gasteiger partial charge in [-0.15, -0.1) is 0 Å². The summed E-state index contributed by atoms with van der Waals surface area (Å²) < 4.78 is 0. The van der Waals surface area contributed by atoms with E-state index in [1.165, 1.54) is 25.2 Å². The maximum atomic E-state index is 7.21. The predicted molar refractivity (Wildman–Crippen MR) is 87.3 cm³/mol. The first-order valence-corrected chi connectivity index (χ1v) is 12.9. The van der Waals surface area contributed by atoms with Gasteiger partial charge in [-0.25, -0.2) is 24.3 Å². The Labute approximate surface area is 155 Å². The van der Waals surface area contributed by atoms with Gasteiger partial charge >= 0.3 is 78.3 Å². The summed E-state index contributed by atoms with van der Waals surface area (Å²) in [4.78, 5) is 0. The van der Waals surface area contributed by atoms with Crippen molar-refractivity contribution in [3.05, 3.63) is 72.7 Å². The van der Waals surface area contributed by atoms with Crippen LogP contribution >= 0.6 is 49.7 Å². The van der Waals surface area contributed by atoms with Crippen molar-refractivity contribution in [2.24, 2.45) is 0 Å². The van der Waals surface area contributed by atoms with Gasteiger partial charge in [-0.2, -0.15) is 36.4 Å². The SMILES string of the molecule is C=C=[N-].[Cl][Fe]([Cl])([Cl])[Cl].[Cl][Ti+].c1cc[cH-]c1.c1cc[cH-]c1. The van der Waals surface area contributed by atoms with Crippen LogP contribution in [0.3, 0.4) is 0 Å².